The Hall–Kier alpha value is -5.41. The number of carbonyl (C=O) groups is 5. The lowest BCUT2D eigenvalue weighted by Gasteiger charge is -2.63. The maximum absolute atomic E-state index is 13.3. The first-order chi connectivity index (χ1) is 25.2. The molecule has 2 fully saturated rings. The van der Waals surface area contributed by atoms with E-state index in [2.05, 4.69) is 49.7 Å². The first kappa shape index (κ1) is 37.4. The normalized spacial score (nSPS) is 21.2. The third-order valence-corrected chi connectivity index (χ3v) is 10.7. The molecule has 1 saturated heterocycles. The van der Waals surface area contributed by atoms with Gasteiger partial charge in [-0.2, -0.15) is 5.26 Å². The topological polar surface area (TPSA) is 167 Å². The van der Waals surface area contributed by atoms with Gasteiger partial charge in [-0.3, -0.25) is 34.2 Å². The Morgan fingerprint density at radius 2 is 1.62 bits per heavy atom. The predicted molar refractivity (Wildman–Crippen MR) is 197 cm³/mol. The van der Waals surface area contributed by atoms with E-state index in [1.165, 1.54) is 0 Å². The Balaban J connectivity index is 0.911. The number of unbranched alkanes of at least 4 members (excludes halogenated alkanes) is 2. The number of rotatable bonds is 13. The van der Waals surface area contributed by atoms with Crippen molar-refractivity contribution in [2.45, 2.75) is 78.0 Å². The van der Waals surface area contributed by atoms with Crippen LogP contribution in [0.15, 0.2) is 60.7 Å². The lowest BCUT2D eigenvalue weighted by Crippen LogP contribution is -2.74. The van der Waals surface area contributed by atoms with E-state index in [0.29, 0.717) is 46.5 Å². The lowest BCUT2D eigenvalue weighted by atomic mass is 9.49. The SMILES string of the molecule is CC1(C)[C@H](NC(=O)c2ccc(OCCCCCNc3ccc4c(c3)C(=O)N(C3CCC(=O)NC3=O)C4=O)cc2)C(C)(C)[C@H]1Oc1ccc(C#N)c(Cl)c1. The molecule has 3 N–H and O–H groups in total. The van der Waals surface area contributed by atoms with Crippen LogP contribution in [0.4, 0.5) is 5.69 Å². The summed E-state index contributed by atoms with van der Waals surface area (Å²) >= 11 is 6.21. The minimum Gasteiger partial charge on any atom is -0.494 e. The first-order valence-corrected chi connectivity index (χ1v) is 18.1. The highest BCUT2D eigenvalue weighted by atomic mass is 35.5. The van der Waals surface area contributed by atoms with Crippen molar-refractivity contribution in [2.24, 2.45) is 10.8 Å². The highest BCUT2D eigenvalue weighted by Gasteiger charge is 2.64. The zero-order chi connectivity index (χ0) is 38.1. The molecule has 0 radical (unpaired) electrons. The van der Waals surface area contributed by atoms with Crippen LogP contribution in [-0.2, 0) is 9.59 Å². The molecule has 13 heteroatoms. The zero-order valence-electron chi connectivity index (χ0n) is 30.1. The number of piperidine rings is 1. The third kappa shape index (κ3) is 7.44. The summed E-state index contributed by atoms with van der Waals surface area (Å²) in [6.45, 7) is 9.39. The molecular weight excluding hydrogens is 698 g/mol. The Labute approximate surface area is 313 Å². The van der Waals surface area contributed by atoms with Crippen molar-refractivity contribution in [1.82, 2.24) is 15.5 Å². The van der Waals surface area contributed by atoms with Gasteiger partial charge in [0.05, 0.1) is 28.3 Å². The summed E-state index contributed by atoms with van der Waals surface area (Å²) in [5, 5.41) is 18.2. The molecule has 1 unspecified atom stereocenters. The van der Waals surface area contributed by atoms with Gasteiger partial charge in [-0.1, -0.05) is 39.3 Å². The fourth-order valence-corrected chi connectivity index (χ4v) is 8.13. The van der Waals surface area contributed by atoms with E-state index in [4.69, 9.17) is 26.3 Å². The zero-order valence-corrected chi connectivity index (χ0v) is 30.8. The van der Waals surface area contributed by atoms with Crippen molar-refractivity contribution in [3.05, 3.63) is 87.9 Å². The molecule has 1 saturated carbocycles. The molecule has 5 amide bonds. The maximum Gasteiger partial charge on any atom is 0.262 e. The van der Waals surface area contributed by atoms with Gasteiger partial charge in [0.1, 0.15) is 29.7 Å². The smallest absolute Gasteiger partial charge is 0.262 e. The van der Waals surface area contributed by atoms with Crippen LogP contribution in [0.2, 0.25) is 5.02 Å². The van der Waals surface area contributed by atoms with Crippen LogP contribution in [0, 0.1) is 22.2 Å². The number of carbonyl (C=O) groups excluding carboxylic acids is 5. The minimum absolute atomic E-state index is 0.0733. The molecule has 276 valence electrons. The summed E-state index contributed by atoms with van der Waals surface area (Å²) in [7, 11) is 0. The number of imide groups is 2. The van der Waals surface area contributed by atoms with Gasteiger partial charge in [-0.25, -0.2) is 0 Å². The summed E-state index contributed by atoms with van der Waals surface area (Å²) in [6.07, 6.45) is 2.52. The Morgan fingerprint density at radius 3 is 2.30 bits per heavy atom. The third-order valence-electron chi connectivity index (χ3n) is 10.4. The van der Waals surface area contributed by atoms with E-state index in [0.717, 1.165) is 24.2 Å². The predicted octanol–water partition coefficient (Wildman–Crippen LogP) is 5.89. The van der Waals surface area contributed by atoms with E-state index in [9.17, 15) is 24.0 Å². The maximum atomic E-state index is 13.3. The van der Waals surface area contributed by atoms with Crippen LogP contribution < -0.4 is 25.4 Å². The number of nitrogens with one attached hydrogen (secondary N) is 3. The number of benzene rings is 3. The second-order valence-corrected chi connectivity index (χ2v) is 15.3. The largest absolute Gasteiger partial charge is 0.494 e. The second kappa shape index (κ2) is 14.9. The number of amides is 5. The number of nitriles is 1. The first-order valence-electron chi connectivity index (χ1n) is 17.7. The summed E-state index contributed by atoms with van der Waals surface area (Å²) in [5.41, 5.74) is 1.34. The average molecular weight is 740 g/mol. The van der Waals surface area contributed by atoms with Crippen molar-refractivity contribution in [3.8, 4) is 17.6 Å². The number of hydrogen-bond acceptors (Lipinski definition) is 9. The van der Waals surface area contributed by atoms with Crippen LogP contribution in [0.1, 0.15) is 96.4 Å². The van der Waals surface area contributed by atoms with Crippen molar-refractivity contribution in [3.63, 3.8) is 0 Å². The Morgan fingerprint density at radius 1 is 0.925 bits per heavy atom. The summed E-state index contributed by atoms with van der Waals surface area (Å²) in [6, 6.07) is 17.9. The highest BCUT2D eigenvalue weighted by molar-refractivity contribution is 6.31. The quantitative estimate of drug-likeness (QED) is 0.143. The standard InChI is InChI=1S/C40H42ClN5O7/c1-39(2)37(40(3,4)38(39)53-27-14-10-24(22-42)30(41)21-27)45-33(48)23-8-12-26(13-9-23)52-19-7-5-6-18-43-25-11-15-28-29(20-25)36(51)46(35(28)50)31-16-17-32(47)44-34(31)49/h8-15,20-21,31,37-38,43H,5-7,16-19H2,1-4H3,(H,45,48)(H,44,47,49)/t31?,37-,38-. The van der Waals surface area contributed by atoms with E-state index >= 15 is 0 Å². The van der Waals surface area contributed by atoms with Gasteiger partial charge in [0.25, 0.3) is 17.7 Å². The molecule has 0 bridgehead atoms. The molecule has 2 aliphatic heterocycles. The second-order valence-electron chi connectivity index (χ2n) is 14.9. The van der Waals surface area contributed by atoms with Crippen molar-refractivity contribution in [2.75, 3.05) is 18.5 Å². The number of halogens is 1. The fourth-order valence-electron chi connectivity index (χ4n) is 7.92. The number of fused-ring (bicyclic) bond motifs is 1. The number of hydrogen-bond donors (Lipinski definition) is 3. The van der Waals surface area contributed by atoms with Crippen LogP contribution in [0.5, 0.6) is 11.5 Å². The lowest BCUT2D eigenvalue weighted by molar-refractivity contribution is -0.164. The molecule has 53 heavy (non-hydrogen) atoms. The van der Waals surface area contributed by atoms with Gasteiger partial charge in [-0.15, -0.1) is 0 Å². The molecular formula is C40H42ClN5O7. The van der Waals surface area contributed by atoms with Crippen molar-refractivity contribution in [1.29, 1.82) is 5.26 Å². The molecule has 1 atom stereocenters. The summed E-state index contributed by atoms with van der Waals surface area (Å²) in [5.74, 6) is -1.04. The molecule has 0 aromatic heterocycles. The number of anilines is 1. The van der Waals surface area contributed by atoms with Gasteiger partial charge in [0.2, 0.25) is 11.8 Å². The Kier molecular flexibility index (Phi) is 10.5. The van der Waals surface area contributed by atoms with E-state index in [1.807, 2.05) is 0 Å². The molecule has 2 heterocycles. The van der Waals surface area contributed by atoms with E-state index in [1.54, 1.807) is 60.7 Å². The van der Waals surface area contributed by atoms with Gasteiger partial charge >= 0.3 is 0 Å². The minimum atomic E-state index is -0.993. The average Bonchev–Trinajstić information content (AvgIpc) is 3.37. The van der Waals surface area contributed by atoms with Gasteiger partial charge in [-0.05, 0) is 80.3 Å². The van der Waals surface area contributed by atoms with Gasteiger partial charge < -0.3 is 20.1 Å². The van der Waals surface area contributed by atoms with Gasteiger partial charge in [0.15, 0.2) is 0 Å². The molecule has 1 aliphatic carbocycles. The highest BCUT2D eigenvalue weighted by Crippen LogP contribution is 2.55. The fraction of sp³-hybridized carbons (Fsp3) is 0.400. The van der Waals surface area contributed by atoms with E-state index < -0.39 is 29.7 Å². The van der Waals surface area contributed by atoms with Crippen LogP contribution >= 0.6 is 11.6 Å². The number of nitrogens with zero attached hydrogens (tertiary/aromatic N) is 2. The molecule has 0 spiro atoms. The van der Waals surface area contributed by atoms with Crippen LogP contribution in [0.3, 0.4) is 0 Å². The van der Waals surface area contributed by atoms with Crippen molar-refractivity contribution < 1.29 is 33.4 Å². The Bertz CT molecular complexity index is 1990. The molecule has 6 rings (SSSR count). The summed E-state index contributed by atoms with van der Waals surface area (Å²) < 4.78 is 12.2. The monoisotopic (exact) mass is 739 g/mol. The van der Waals surface area contributed by atoms with Crippen molar-refractivity contribution >= 4 is 46.8 Å². The van der Waals surface area contributed by atoms with Crippen LogP contribution in [0.25, 0.3) is 0 Å². The molecule has 12 nitrogen and oxygen atoms in total. The molecule has 3 aromatic rings. The number of ether oxygens (including phenoxy) is 2. The van der Waals surface area contributed by atoms with E-state index in [-0.39, 0.29) is 52.9 Å². The molecule has 3 aromatic carbocycles. The molecule has 3 aliphatic rings. The summed E-state index contributed by atoms with van der Waals surface area (Å²) in [4.78, 5) is 64.0. The van der Waals surface area contributed by atoms with Gasteiger partial charge in [0, 0.05) is 47.2 Å². The van der Waals surface area contributed by atoms with Crippen LogP contribution in [-0.4, -0.2) is 65.8 Å².